The highest BCUT2D eigenvalue weighted by molar-refractivity contribution is 5.83. The molecule has 3 heterocycles. The monoisotopic (exact) mass is 355 g/mol. The van der Waals surface area contributed by atoms with E-state index in [2.05, 4.69) is 25.5 Å². The van der Waals surface area contributed by atoms with E-state index in [4.69, 9.17) is 4.74 Å². The van der Waals surface area contributed by atoms with Crippen molar-refractivity contribution in [1.29, 1.82) is 0 Å². The number of rotatable bonds is 7. The van der Waals surface area contributed by atoms with Crippen molar-refractivity contribution in [3.05, 3.63) is 54.1 Å². The van der Waals surface area contributed by atoms with Crippen LogP contribution in [0.5, 0.6) is 0 Å². The Morgan fingerprint density at radius 1 is 1.19 bits per heavy atom. The van der Waals surface area contributed by atoms with Gasteiger partial charge in [-0.1, -0.05) is 6.07 Å². The number of amides is 1. The van der Waals surface area contributed by atoms with Gasteiger partial charge in [0.1, 0.15) is 6.04 Å². The first-order valence-electron chi connectivity index (χ1n) is 8.89. The zero-order valence-corrected chi connectivity index (χ0v) is 15.0. The Balaban J connectivity index is 1.58. The molecule has 1 saturated heterocycles. The van der Waals surface area contributed by atoms with Crippen molar-refractivity contribution in [2.45, 2.75) is 13.0 Å². The molecule has 1 aliphatic rings. The maximum atomic E-state index is 12.9. The lowest BCUT2D eigenvalue weighted by atomic mass is 10.1. The second-order valence-electron chi connectivity index (χ2n) is 6.25. The largest absolute Gasteiger partial charge is 0.383 e. The summed E-state index contributed by atoms with van der Waals surface area (Å²) in [5.74, 6) is -0.00634. The second-order valence-corrected chi connectivity index (χ2v) is 6.25. The number of carbonyl (C=O) groups is 1. The van der Waals surface area contributed by atoms with Gasteiger partial charge in [-0.05, 0) is 30.2 Å². The summed E-state index contributed by atoms with van der Waals surface area (Å²) in [6, 6.07) is 5.41. The Morgan fingerprint density at radius 2 is 2.00 bits per heavy atom. The second kappa shape index (κ2) is 9.26. The minimum atomic E-state index is -0.338. The fourth-order valence-corrected chi connectivity index (χ4v) is 3.05. The van der Waals surface area contributed by atoms with E-state index < -0.39 is 0 Å². The van der Waals surface area contributed by atoms with Crippen LogP contribution in [0.15, 0.2) is 43.0 Å². The van der Waals surface area contributed by atoms with E-state index in [1.165, 1.54) is 0 Å². The van der Waals surface area contributed by atoms with Gasteiger partial charge in [0.05, 0.1) is 13.2 Å². The average Bonchev–Trinajstić information content (AvgIpc) is 2.68. The highest BCUT2D eigenvalue weighted by Gasteiger charge is 2.28. The van der Waals surface area contributed by atoms with Crippen molar-refractivity contribution in [3.8, 4) is 0 Å². The number of ether oxygens (including phenoxy) is 1. The van der Waals surface area contributed by atoms with Crippen LogP contribution >= 0.6 is 0 Å². The summed E-state index contributed by atoms with van der Waals surface area (Å²) >= 11 is 0. The highest BCUT2D eigenvalue weighted by atomic mass is 16.5. The summed E-state index contributed by atoms with van der Waals surface area (Å²) in [6.45, 7) is 5.97. The first-order valence-corrected chi connectivity index (χ1v) is 8.89. The lowest BCUT2D eigenvalue weighted by molar-refractivity contribution is -0.128. The topological polar surface area (TPSA) is 79.4 Å². The fraction of sp³-hybridized carbons (Fsp3) is 0.421. The molecule has 1 fully saturated rings. The van der Waals surface area contributed by atoms with Crippen LogP contribution in [0.25, 0.3) is 0 Å². The number of hydrogen-bond acceptors (Lipinski definition) is 6. The number of pyridine rings is 2. The van der Waals surface area contributed by atoms with Crippen molar-refractivity contribution < 1.29 is 9.53 Å². The van der Waals surface area contributed by atoms with Gasteiger partial charge in [0.2, 0.25) is 5.91 Å². The number of anilines is 1. The van der Waals surface area contributed by atoms with Gasteiger partial charge >= 0.3 is 0 Å². The van der Waals surface area contributed by atoms with Crippen molar-refractivity contribution in [2.75, 3.05) is 44.7 Å². The zero-order valence-electron chi connectivity index (χ0n) is 15.0. The molecular formula is C19H25N5O2. The van der Waals surface area contributed by atoms with Crippen LogP contribution < -0.4 is 10.6 Å². The van der Waals surface area contributed by atoms with Gasteiger partial charge in [-0.2, -0.15) is 0 Å². The van der Waals surface area contributed by atoms with Gasteiger partial charge < -0.3 is 15.4 Å². The quantitative estimate of drug-likeness (QED) is 0.731. The van der Waals surface area contributed by atoms with Gasteiger partial charge in [-0.15, -0.1) is 0 Å². The van der Waals surface area contributed by atoms with Gasteiger partial charge in [-0.25, -0.2) is 0 Å². The molecule has 2 aromatic rings. The Morgan fingerprint density at radius 3 is 2.73 bits per heavy atom. The van der Waals surface area contributed by atoms with Gasteiger partial charge in [0, 0.05) is 56.7 Å². The van der Waals surface area contributed by atoms with Gasteiger partial charge in [0.15, 0.2) is 0 Å². The van der Waals surface area contributed by atoms with E-state index >= 15 is 0 Å². The molecule has 1 aliphatic heterocycles. The predicted octanol–water partition coefficient (Wildman–Crippen LogP) is 1.39. The number of carbonyl (C=O) groups excluding carboxylic acids is 1. The Bertz CT molecular complexity index is 704. The van der Waals surface area contributed by atoms with Crippen molar-refractivity contribution in [3.63, 3.8) is 0 Å². The molecule has 0 aliphatic carbocycles. The van der Waals surface area contributed by atoms with Crippen LogP contribution in [0.2, 0.25) is 0 Å². The smallest absolute Gasteiger partial charge is 0.242 e. The lowest BCUT2D eigenvalue weighted by Gasteiger charge is -2.33. The highest BCUT2D eigenvalue weighted by Crippen LogP contribution is 2.21. The minimum Gasteiger partial charge on any atom is -0.383 e. The normalized spacial score (nSPS) is 16.0. The summed E-state index contributed by atoms with van der Waals surface area (Å²) in [6.07, 6.45) is 7.06. The first kappa shape index (κ1) is 18.3. The number of hydrogen-bond donors (Lipinski definition) is 2. The van der Waals surface area contributed by atoms with Crippen LogP contribution in [0.4, 0.5) is 5.69 Å². The molecule has 138 valence electrons. The van der Waals surface area contributed by atoms with Crippen LogP contribution in [-0.2, 0) is 9.53 Å². The lowest BCUT2D eigenvalue weighted by Crippen LogP contribution is -2.46. The molecule has 0 spiro atoms. The Hall–Kier alpha value is -2.51. The number of aromatic nitrogens is 2. The van der Waals surface area contributed by atoms with Crippen LogP contribution in [0.1, 0.15) is 17.2 Å². The fourth-order valence-electron chi connectivity index (χ4n) is 3.05. The number of morpholine rings is 1. The molecule has 1 unspecified atom stereocenters. The van der Waals surface area contributed by atoms with Crippen molar-refractivity contribution in [1.82, 2.24) is 20.2 Å². The molecule has 0 radical (unpaired) electrons. The van der Waals surface area contributed by atoms with Crippen molar-refractivity contribution in [2.24, 2.45) is 0 Å². The molecule has 7 nitrogen and oxygen atoms in total. The molecule has 0 saturated carbocycles. The standard InChI is InChI=1S/C19H25N5O2/c1-15-13-21-6-4-17(15)22-7-8-23-19(25)18(16-3-2-5-20-14-16)24-9-11-26-12-10-24/h2-6,13-14,18H,7-12H2,1H3,(H,21,22)(H,23,25). The molecule has 2 N–H and O–H groups in total. The maximum Gasteiger partial charge on any atom is 0.242 e. The Kier molecular flexibility index (Phi) is 6.51. The molecular weight excluding hydrogens is 330 g/mol. The summed E-state index contributed by atoms with van der Waals surface area (Å²) in [7, 11) is 0. The Labute approximate surface area is 153 Å². The molecule has 1 atom stereocenters. The number of nitrogens with zero attached hydrogens (tertiary/aromatic N) is 3. The van der Waals surface area contributed by atoms with E-state index in [0.717, 1.165) is 29.9 Å². The van der Waals surface area contributed by atoms with Crippen molar-refractivity contribution >= 4 is 11.6 Å². The molecule has 26 heavy (non-hydrogen) atoms. The van der Waals surface area contributed by atoms with E-state index in [-0.39, 0.29) is 11.9 Å². The van der Waals surface area contributed by atoms with E-state index in [1.807, 2.05) is 31.3 Å². The summed E-state index contributed by atoms with van der Waals surface area (Å²) < 4.78 is 5.42. The SMILES string of the molecule is Cc1cnccc1NCCNC(=O)C(c1cccnc1)N1CCOCC1. The zero-order chi connectivity index (χ0) is 18.2. The average molecular weight is 355 g/mol. The maximum absolute atomic E-state index is 12.9. The van der Waals surface area contributed by atoms with E-state index in [9.17, 15) is 4.79 Å². The third-order valence-electron chi connectivity index (χ3n) is 4.42. The van der Waals surface area contributed by atoms with Crippen LogP contribution in [0.3, 0.4) is 0 Å². The van der Waals surface area contributed by atoms with Gasteiger partial charge in [0.25, 0.3) is 0 Å². The van der Waals surface area contributed by atoms with Crippen LogP contribution in [0, 0.1) is 6.92 Å². The van der Waals surface area contributed by atoms with E-state index in [1.54, 1.807) is 18.6 Å². The predicted molar refractivity (Wildman–Crippen MR) is 99.8 cm³/mol. The molecule has 2 aromatic heterocycles. The summed E-state index contributed by atoms with van der Waals surface area (Å²) in [5, 5.41) is 6.37. The number of aryl methyl sites for hydroxylation is 1. The van der Waals surface area contributed by atoms with Crippen LogP contribution in [-0.4, -0.2) is 60.2 Å². The molecule has 0 bridgehead atoms. The third-order valence-corrected chi connectivity index (χ3v) is 4.42. The first-order chi connectivity index (χ1) is 12.8. The molecule has 3 rings (SSSR count). The molecule has 7 heteroatoms. The summed E-state index contributed by atoms with van der Waals surface area (Å²) in [5.41, 5.74) is 3.02. The van der Waals surface area contributed by atoms with E-state index in [0.29, 0.717) is 26.3 Å². The molecule has 1 amide bonds. The number of nitrogens with one attached hydrogen (secondary N) is 2. The third kappa shape index (κ3) is 4.77. The minimum absolute atomic E-state index is 0.00634. The molecule has 0 aromatic carbocycles. The van der Waals surface area contributed by atoms with Gasteiger partial charge in [-0.3, -0.25) is 19.7 Å². The summed E-state index contributed by atoms with van der Waals surface area (Å²) in [4.78, 5) is 23.3.